The summed E-state index contributed by atoms with van der Waals surface area (Å²) >= 11 is 1.41. The van der Waals surface area contributed by atoms with Crippen molar-refractivity contribution >= 4 is 37.7 Å². The molecule has 2 aliphatic heterocycles. The largest absolute Gasteiger partial charge is 0.341 e. The fraction of sp³-hybridized carbons (Fsp3) is 0.611. The molecular formula is C18H25N3O5S3. The van der Waals surface area contributed by atoms with Crippen molar-refractivity contribution in [2.45, 2.75) is 47.6 Å². The predicted molar refractivity (Wildman–Crippen MR) is 110 cm³/mol. The summed E-state index contributed by atoms with van der Waals surface area (Å²) in [6.07, 6.45) is 3.59. The summed E-state index contributed by atoms with van der Waals surface area (Å²) in [6, 6.07) is 4.84. The van der Waals surface area contributed by atoms with Crippen molar-refractivity contribution in [3.8, 4) is 0 Å². The van der Waals surface area contributed by atoms with Crippen molar-refractivity contribution < 1.29 is 21.6 Å². The predicted octanol–water partition coefficient (Wildman–Crippen LogP) is 1.16. The van der Waals surface area contributed by atoms with E-state index < -0.39 is 26.1 Å². The monoisotopic (exact) mass is 459 g/mol. The van der Waals surface area contributed by atoms with E-state index in [4.69, 9.17) is 0 Å². The fourth-order valence-electron chi connectivity index (χ4n) is 3.73. The number of sulfonamides is 2. The number of benzene rings is 1. The average Bonchev–Trinajstić information content (AvgIpc) is 3.19. The molecule has 1 saturated carbocycles. The van der Waals surface area contributed by atoms with Gasteiger partial charge in [0.2, 0.25) is 26.0 Å². The van der Waals surface area contributed by atoms with Crippen LogP contribution in [0.25, 0.3) is 0 Å². The molecule has 160 valence electrons. The number of thioether (sulfide) groups is 1. The smallest absolute Gasteiger partial charge is 0.244 e. The first kappa shape index (κ1) is 21.1. The van der Waals surface area contributed by atoms with Gasteiger partial charge >= 0.3 is 0 Å². The Morgan fingerprint density at radius 2 is 1.55 bits per heavy atom. The molecule has 3 aliphatic rings. The molecule has 2 heterocycles. The molecule has 1 unspecified atom stereocenters. The molecule has 11 heteroatoms. The summed E-state index contributed by atoms with van der Waals surface area (Å²) in [6.45, 7) is 0.984. The minimum Gasteiger partial charge on any atom is -0.341 e. The molecule has 0 N–H and O–H groups in total. The molecule has 3 fully saturated rings. The van der Waals surface area contributed by atoms with Crippen LogP contribution in [0.15, 0.2) is 34.1 Å². The van der Waals surface area contributed by atoms with Crippen LogP contribution in [0.2, 0.25) is 0 Å². The quantitative estimate of drug-likeness (QED) is 0.634. The van der Waals surface area contributed by atoms with Crippen molar-refractivity contribution in [1.29, 1.82) is 0 Å². The maximum Gasteiger partial charge on any atom is 0.244 e. The Labute approximate surface area is 176 Å². The van der Waals surface area contributed by atoms with E-state index in [1.54, 1.807) is 11.9 Å². The molecule has 1 aromatic rings. The zero-order chi connectivity index (χ0) is 20.8. The zero-order valence-electron chi connectivity index (χ0n) is 16.2. The summed E-state index contributed by atoms with van der Waals surface area (Å²) in [4.78, 5) is 14.5. The number of hydrogen-bond acceptors (Lipinski definition) is 6. The van der Waals surface area contributed by atoms with Gasteiger partial charge in [0.15, 0.2) is 0 Å². The molecule has 2 saturated heterocycles. The summed E-state index contributed by atoms with van der Waals surface area (Å²) in [5.74, 6) is 0.469. The zero-order valence-corrected chi connectivity index (χ0v) is 18.7. The van der Waals surface area contributed by atoms with E-state index in [2.05, 4.69) is 0 Å². The maximum absolute atomic E-state index is 13.2. The van der Waals surface area contributed by atoms with Crippen molar-refractivity contribution in [2.24, 2.45) is 0 Å². The van der Waals surface area contributed by atoms with E-state index >= 15 is 0 Å². The number of likely N-dealkylation sites (N-methyl/N-ethyl adjacent to an activating group) is 1. The maximum atomic E-state index is 13.2. The molecular weight excluding hydrogens is 434 g/mol. The van der Waals surface area contributed by atoms with Gasteiger partial charge in [0, 0.05) is 31.9 Å². The molecule has 1 atom stereocenters. The Kier molecular flexibility index (Phi) is 5.71. The third-order valence-electron chi connectivity index (χ3n) is 5.70. The lowest BCUT2D eigenvalue weighted by Crippen LogP contribution is -2.48. The number of rotatable bonds is 6. The second-order valence-corrected chi connectivity index (χ2v) is 12.5. The highest BCUT2D eigenvalue weighted by molar-refractivity contribution is 8.00. The lowest BCUT2D eigenvalue weighted by atomic mass is 10.3. The van der Waals surface area contributed by atoms with E-state index in [0.29, 0.717) is 18.8 Å². The van der Waals surface area contributed by atoms with Crippen molar-refractivity contribution in [3.05, 3.63) is 24.3 Å². The van der Waals surface area contributed by atoms with Crippen molar-refractivity contribution in [1.82, 2.24) is 13.5 Å². The van der Waals surface area contributed by atoms with Crippen LogP contribution in [0.5, 0.6) is 0 Å². The van der Waals surface area contributed by atoms with Crippen molar-refractivity contribution in [3.63, 3.8) is 0 Å². The minimum absolute atomic E-state index is 0.00671. The first-order valence-corrected chi connectivity index (χ1v) is 13.7. The van der Waals surface area contributed by atoms with Gasteiger partial charge in [0.25, 0.3) is 0 Å². The van der Waals surface area contributed by atoms with Crippen LogP contribution in [-0.4, -0.2) is 80.1 Å². The third-order valence-corrected chi connectivity index (χ3v) is 10.7. The molecule has 29 heavy (non-hydrogen) atoms. The lowest BCUT2D eigenvalue weighted by Gasteiger charge is -2.27. The second-order valence-electron chi connectivity index (χ2n) is 7.67. The summed E-state index contributed by atoms with van der Waals surface area (Å²) < 4.78 is 54.3. The van der Waals surface area contributed by atoms with Crippen molar-refractivity contribution in [2.75, 3.05) is 31.8 Å². The highest BCUT2D eigenvalue weighted by Gasteiger charge is 2.43. The van der Waals surface area contributed by atoms with Gasteiger partial charge in [-0.25, -0.2) is 16.8 Å². The standard InChI is InChI=1S/C18H25N3O5S3/c1-19(14-4-5-14)18(22)17-12-27-13-21(17)29(25,26)16-8-6-15(7-9-16)28(23,24)20-10-2-3-11-20/h6-9,14,17H,2-5,10-13H2,1H3. The molecule has 0 aromatic heterocycles. The average molecular weight is 460 g/mol. The third kappa shape index (κ3) is 3.95. The van der Waals surface area contributed by atoms with Gasteiger partial charge in [-0.1, -0.05) is 0 Å². The van der Waals surface area contributed by atoms with Crippen LogP contribution in [0, 0.1) is 0 Å². The van der Waals surface area contributed by atoms with Crippen LogP contribution < -0.4 is 0 Å². The lowest BCUT2D eigenvalue weighted by molar-refractivity contribution is -0.133. The van der Waals surface area contributed by atoms with E-state index in [-0.39, 0.29) is 27.6 Å². The molecule has 1 amide bonds. The molecule has 0 radical (unpaired) electrons. The number of carbonyl (C=O) groups excluding carboxylic acids is 1. The number of carbonyl (C=O) groups is 1. The fourth-order valence-corrected chi connectivity index (χ4v) is 8.38. The first-order chi connectivity index (χ1) is 13.7. The Balaban J connectivity index is 1.56. The number of hydrogen-bond donors (Lipinski definition) is 0. The Morgan fingerprint density at radius 3 is 2.10 bits per heavy atom. The molecule has 0 bridgehead atoms. The van der Waals surface area contributed by atoms with E-state index in [9.17, 15) is 21.6 Å². The number of amides is 1. The topological polar surface area (TPSA) is 95.1 Å². The summed E-state index contributed by atoms with van der Waals surface area (Å²) in [5.41, 5.74) is 0. The second kappa shape index (κ2) is 7.84. The van der Waals surface area contributed by atoms with Gasteiger partial charge in [-0.15, -0.1) is 11.8 Å². The summed E-state index contributed by atoms with van der Waals surface area (Å²) in [5, 5.41) is 0. The van der Waals surface area contributed by atoms with E-state index in [1.807, 2.05) is 0 Å². The Morgan fingerprint density at radius 1 is 1.00 bits per heavy atom. The van der Waals surface area contributed by atoms with Gasteiger partial charge in [0.1, 0.15) is 6.04 Å². The minimum atomic E-state index is -3.90. The van der Waals surface area contributed by atoms with Gasteiger partial charge in [-0.05, 0) is 49.9 Å². The van der Waals surface area contributed by atoms with E-state index in [1.165, 1.54) is 44.6 Å². The molecule has 1 aromatic carbocycles. The molecule has 0 spiro atoms. The van der Waals surface area contributed by atoms with E-state index in [0.717, 1.165) is 25.7 Å². The molecule has 4 rings (SSSR count). The van der Waals surface area contributed by atoms with Crippen LogP contribution in [0.1, 0.15) is 25.7 Å². The van der Waals surface area contributed by atoms with Gasteiger partial charge < -0.3 is 4.90 Å². The van der Waals surface area contributed by atoms with Crippen LogP contribution >= 0.6 is 11.8 Å². The normalized spacial score (nSPS) is 24.1. The molecule has 1 aliphatic carbocycles. The highest BCUT2D eigenvalue weighted by Crippen LogP contribution is 2.33. The highest BCUT2D eigenvalue weighted by atomic mass is 32.2. The van der Waals surface area contributed by atoms with Crippen LogP contribution in [-0.2, 0) is 24.8 Å². The van der Waals surface area contributed by atoms with Gasteiger partial charge in [-0.3, -0.25) is 4.79 Å². The van der Waals surface area contributed by atoms with Crippen LogP contribution in [0.3, 0.4) is 0 Å². The van der Waals surface area contributed by atoms with Gasteiger partial charge in [0.05, 0.1) is 15.7 Å². The molecule has 8 nitrogen and oxygen atoms in total. The number of nitrogens with zero attached hydrogens (tertiary/aromatic N) is 3. The SMILES string of the molecule is CN(C(=O)C1CSCN1S(=O)(=O)c1ccc(S(=O)(=O)N2CCCC2)cc1)C1CC1. The summed E-state index contributed by atoms with van der Waals surface area (Å²) in [7, 11) is -5.77. The first-order valence-electron chi connectivity index (χ1n) is 9.69. The van der Waals surface area contributed by atoms with Gasteiger partial charge in [-0.2, -0.15) is 8.61 Å². The Bertz CT molecular complexity index is 984. The van der Waals surface area contributed by atoms with Crippen LogP contribution in [0.4, 0.5) is 0 Å². The Hall–Kier alpha value is -1.14.